The predicted octanol–water partition coefficient (Wildman–Crippen LogP) is 2.11. The summed E-state index contributed by atoms with van der Waals surface area (Å²) in [5, 5.41) is 14.9. The van der Waals surface area contributed by atoms with Crippen molar-refractivity contribution in [2.75, 3.05) is 12.3 Å². The number of alkyl halides is 3. The minimum absolute atomic E-state index is 0.0747. The van der Waals surface area contributed by atoms with Crippen molar-refractivity contribution in [1.29, 1.82) is 0 Å². The van der Waals surface area contributed by atoms with E-state index in [1.165, 1.54) is 11.8 Å². The van der Waals surface area contributed by atoms with Crippen LogP contribution in [0.3, 0.4) is 0 Å². The van der Waals surface area contributed by atoms with Crippen molar-refractivity contribution in [2.45, 2.75) is 50.6 Å². The molecule has 1 aromatic heterocycles. The molecule has 0 radical (unpaired) electrons. The molecule has 5 nitrogen and oxygen atoms in total. The molecule has 1 N–H and O–H groups in total. The molecule has 0 fully saturated rings. The summed E-state index contributed by atoms with van der Waals surface area (Å²) in [4.78, 5) is 0. The minimum Gasteiger partial charge on any atom is -0.313 e. The lowest BCUT2D eigenvalue weighted by Crippen LogP contribution is -2.27. The Morgan fingerprint density at radius 2 is 2.11 bits per heavy atom. The molecule has 0 bridgehead atoms. The highest BCUT2D eigenvalue weighted by molar-refractivity contribution is 7.99. The van der Waals surface area contributed by atoms with Gasteiger partial charge in [0.1, 0.15) is 0 Å². The van der Waals surface area contributed by atoms with Crippen molar-refractivity contribution in [3.8, 4) is 0 Å². The molecule has 0 spiro atoms. The van der Waals surface area contributed by atoms with Gasteiger partial charge in [0.25, 0.3) is 0 Å². The second kappa shape index (κ2) is 7.68. The third kappa shape index (κ3) is 7.36. The van der Waals surface area contributed by atoms with E-state index in [1.54, 1.807) is 4.68 Å². The summed E-state index contributed by atoms with van der Waals surface area (Å²) in [5.74, 6) is 0.359. The summed E-state index contributed by atoms with van der Waals surface area (Å²) in [7, 11) is 0. The Hall–Kier alpha value is -0.830. The normalized spacial score (nSPS) is 12.3. The average Bonchev–Trinajstić information content (AvgIpc) is 2.70. The van der Waals surface area contributed by atoms with Crippen molar-refractivity contribution < 1.29 is 13.2 Å². The molecule has 1 aromatic rings. The van der Waals surface area contributed by atoms with Gasteiger partial charge in [-0.2, -0.15) is 13.2 Å². The fourth-order valence-corrected chi connectivity index (χ4v) is 2.18. The topological polar surface area (TPSA) is 55.6 Å². The fourth-order valence-electron chi connectivity index (χ4n) is 1.34. The fraction of sp³-hybridized carbons (Fsp3) is 0.900. The van der Waals surface area contributed by atoms with E-state index in [-0.39, 0.29) is 6.42 Å². The van der Waals surface area contributed by atoms with Crippen molar-refractivity contribution >= 4 is 11.8 Å². The summed E-state index contributed by atoms with van der Waals surface area (Å²) in [5.41, 5.74) is 0. The van der Waals surface area contributed by atoms with E-state index in [2.05, 4.69) is 20.8 Å². The molecule has 0 aliphatic rings. The minimum atomic E-state index is -4.09. The molecular formula is C10H18F3N5S. The Balaban J connectivity index is 2.28. The predicted molar refractivity (Wildman–Crippen MR) is 67.0 cm³/mol. The zero-order chi connectivity index (χ0) is 14.3. The first-order valence-corrected chi connectivity index (χ1v) is 7.06. The molecular weight excluding hydrogens is 279 g/mol. The maximum Gasteiger partial charge on any atom is 0.389 e. The van der Waals surface area contributed by atoms with Gasteiger partial charge in [-0.15, -0.1) is 5.10 Å². The second-order valence-corrected chi connectivity index (χ2v) is 5.42. The number of tetrazole rings is 1. The number of rotatable bonds is 8. The zero-order valence-electron chi connectivity index (χ0n) is 10.9. The van der Waals surface area contributed by atoms with Crippen LogP contribution in [0, 0.1) is 0 Å². The summed E-state index contributed by atoms with van der Waals surface area (Å²) in [6, 6.07) is 0.374. The molecule has 0 aliphatic carbocycles. The molecule has 0 amide bonds. The monoisotopic (exact) mass is 297 g/mol. The maximum absolute atomic E-state index is 12.0. The van der Waals surface area contributed by atoms with Gasteiger partial charge >= 0.3 is 6.18 Å². The quantitative estimate of drug-likeness (QED) is 0.588. The summed E-state index contributed by atoms with van der Waals surface area (Å²) >= 11 is 1.25. The largest absolute Gasteiger partial charge is 0.389 e. The van der Waals surface area contributed by atoms with E-state index in [4.69, 9.17) is 0 Å². The highest BCUT2D eigenvalue weighted by atomic mass is 32.2. The van der Waals surface area contributed by atoms with Crippen molar-refractivity contribution in [3.63, 3.8) is 0 Å². The van der Waals surface area contributed by atoms with E-state index in [0.717, 1.165) is 6.54 Å². The van der Waals surface area contributed by atoms with Crippen molar-refractivity contribution in [2.24, 2.45) is 0 Å². The summed E-state index contributed by atoms with van der Waals surface area (Å²) in [6.07, 6.45) is -4.78. The molecule has 110 valence electrons. The lowest BCUT2D eigenvalue weighted by atomic mass is 10.3. The van der Waals surface area contributed by atoms with Gasteiger partial charge in [-0.3, -0.25) is 0 Å². The van der Waals surface area contributed by atoms with E-state index in [1.807, 2.05) is 13.8 Å². The standard InChI is InChI=1S/C10H18F3N5S/c1-8(2)14-5-6-18-9(15-16-17-18)19-7-3-4-10(11,12)13/h8,14H,3-7H2,1-2H3. The van der Waals surface area contributed by atoms with Crippen LogP contribution >= 0.6 is 11.8 Å². The van der Waals surface area contributed by atoms with Gasteiger partial charge < -0.3 is 5.32 Å². The molecule has 0 aromatic carbocycles. The number of hydrogen-bond acceptors (Lipinski definition) is 5. The van der Waals surface area contributed by atoms with Crippen LogP contribution in [0.1, 0.15) is 26.7 Å². The number of nitrogens with one attached hydrogen (secondary N) is 1. The molecule has 0 atom stereocenters. The molecule has 19 heavy (non-hydrogen) atoms. The van der Waals surface area contributed by atoms with Crippen LogP contribution in [0.4, 0.5) is 13.2 Å². The number of nitrogens with zero attached hydrogens (tertiary/aromatic N) is 4. The lowest BCUT2D eigenvalue weighted by molar-refractivity contribution is -0.134. The molecule has 9 heteroatoms. The molecule has 0 aliphatic heterocycles. The number of thioether (sulfide) groups is 1. The van der Waals surface area contributed by atoms with Crippen LogP contribution in [0.15, 0.2) is 5.16 Å². The maximum atomic E-state index is 12.0. The number of aromatic nitrogens is 4. The number of halogens is 3. The van der Waals surface area contributed by atoms with Crippen LogP contribution in [0.2, 0.25) is 0 Å². The Morgan fingerprint density at radius 3 is 2.74 bits per heavy atom. The van der Waals surface area contributed by atoms with Gasteiger partial charge in [0, 0.05) is 24.8 Å². The van der Waals surface area contributed by atoms with E-state index in [9.17, 15) is 13.2 Å². The Labute approximate surface area is 114 Å². The highest BCUT2D eigenvalue weighted by Gasteiger charge is 2.26. The average molecular weight is 297 g/mol. The lowest BCUT2D eigenvalue weighted by Gasteiger charge is -2.08. The molecule has 0 saturated carbocycles. The van der Waals surface area contributed by atoms with Gasteiger partial charge in [-0.1, -0.05) is 25.6 Å². The van der Waals surface area contributed by atoms with Crippen LogP contribution in [-0.4, -0.2) is 44.7 Å². The third-order valence-electron chi connectivity index (χ3n) is 2.21. The Morgan fingerprint density at radius 1 is 1.37 bits per heavy atom. The van der Waals surface area contributed by atoms with Crippen molar-refractivity contribution in [1.82, 2.24) is 25.5 Å². The highest BCUT2D eigenvalue weighted by Crippen LogP contribution is 2.24. The molecule has 1 rings (SSSR count). The van der Waals surface area contributed by atoms with Gasteiger partial charge in [-0.05, 0) is 16.8 Å². The second-order valence-electron chi connectivity index (χ2n) is 4.36. The van der Waals surface area contributed by atoms with E-state index < -0.39 is 12.6 Å². The smallest absolute Gasteiger partial charge is 0.313 e. The molecule has 0 saturated heterocycles. The van der Waals surface area contributed by atoms with Gasteiger partial charge in [0.05, 0.1) is 6.54 Å². The van der Waals surface area contributed by atoms with Crippen molar-refractivity contribution in [3.05, 3.63) is 0 Å². The van der Waals surface area contributed by atoms with Gasteiger partial charge in [0.2, 0.25) is 5.16 Å². The first-order chi connectivity index (χ1) is 8.88. The number of hydrogen-bond donors (Lipinski definition) is 1. The SMILES string of the molecule is CC(C)NCCn1nnnc1SCCCC(F)(F)F. The van der Waals surface area contributed by atoms with Gasteiger partial charge in [-0.25, -0.2) is 4.68 Å². The Kier molecular flexibility index (Phi) is 6.56. The third-order valence-corrected chi connectivity index (χ3v) is 3.25. The van der Waals surface area contributed by atoms with E-state index >= 15 is 0 Å². The first-order valence-electron chi connectivity index (χ1n) is 6.07. The Bertz CT molecular complexity index is 366. The zero-order valence-corrected chi connectivity index (χ0v) is 11.8. The summed E-state index contributed by atoms with van der Waals surface area (Å²) < 4.78 is 37.5. The summed E-state index contributed by atoms with van der Waals surface area (Å²) in [6.45, 7) is 5.39. The van der Waals surface area contributed by atoms with Crippen LogP contribution in [0.5, 0.6) is 0 Å². The van der Waals surface area contributed by atoms with Crippen LogP contribution in [-0.2, 0) is 6.54 Å². The molecule has 0 unspecified atom stereocenters. The first kappa shape index (κ1) is 16.2. The van der Waals surface area contributed by atoms with E-state index in [0.29, 0.717) is 23.5 Å². The van der Waals surface area contributed by atoms with Crippen LogP contribution < -0.4 is 5.32 Å². The van der Waals surface area contributed by atoms with Gasteiger partial charge in [0.15, 0.2) is 0 Å². The van der Waals surface area contributed by atoms with Crippen LogP contribution in [0.25, 0.3) is 0 Å². The molecule has 1 heterocycles.